The lowest BCUT2D eigenvalue weighted by Crippen LogP contribution is -2.13. The number of hydrogen-bond acceptors (Lipinski definition) is 5. The van der Waals surface area contributed by atoms with Crippen molar-refractivity contribution in [3.63, 3.8) is 0 Å². The molecule has 0 bridgehead atoms. The molecule has 0 saturated carbocycles. The minimum absolute atomic E-state index is 0.172. The summed E-state index contributed by atoms with van der Waals surface area (Å²) in [5, 5.41) is 1.93. The Morgan fingerprint density at radius 1 is 1.04 bits per heavy atom. The van der Waals surface area contributed by atoms with Crippen LogP contribution in [0.4, 0.5) is 0 Å². The Hall–Kier alpha value is -2.53. The van der Waals surface area contributed by atoms with Crippen LogP contribution in [-0.4, -0.2) is 39.5 Å². The van der Waals surface area contributed by atoms with Gasteiger partial charge in [0.25, 0.3) is 0 Å². The minimum atomic E-state index is -0.410. The molecular weight excluding hydrogens is 320 g/mol. The lowest BCUT2D eigenvalue weighted by Gasteiger charge is -2.16. The predicted molar refractivity (Wildman–Crippen MR) is 97.3 cm³/mol. The maximum Gasteiger partial charge on any atom is 0.333 e. The largest absolute Gasteiger partial charge is 0.491 e. The molecule has 2 rings (SSSR count). The highest BCUT2D eigenvalue weighted by atomic mass is 16.6. The third kappa shape index (κ3) is 4.97. The van der Waals surface area contributed by atoms with Crippen molar-refractivity contribution in [2.24, 2.45) is 0 Å². The van der Waals surface area contributed by atoms with Crippen LogP contribution in [0.15, 0.2) is 42.5 Å². The molecule has 0 spiro atoms. The Labute approximate surface area is 148 Å². The van der Waals surface area contributed by atoms with Crippen molar-refractivity contribution < 1.29 is 23.7 Å². The predicted octanol–water partition coefficient (Wildman–Crippen LogP) is 3.67. The zero-order chi connectivity index (χ0) is 18.2. The van der Waals surface area contributed by atoms with Crippen molar-refractivity contribution in [3.8, 4) is 11.5 Å². The normalized spacial score (nSPS) is 10.5. The van der Waals surface area contributed by atoms with E-state index in [0.29, 0.717) is 18.8 Å². The molecule has 0 amide bonds. The molecule has 2 aromatic carbocycles. The zero-order valence-corrected chi connectivity index (χ0v) is 15.0. The average Bonchev–Trinajstić information content (AvgIpc) is 2.60. The van der Waals surface area contributed by atoms with E-state index in [-0.39, 0.29) is 13.2 Å². The summed E-state index contributed by atoms with van der Waals surface area (Å²) in [5.74, 6) is 1.15. The van der Waals surface area contributed by atoms with Crippen molar-refractivity contribution in [1.29, 1.82) is 0 Å². The smallest absolute Gasteiger partial charge is 0.333 e. The van der Waals surface area contributed by atoms with Crippen molar-refractivity contribution in [2.45, 2.75) is 13.8 Å². The topological polar surface area (TPSA) is 54.0 Å². The molecule has 0 N–H and O–H groups in total. The quantitative estimate of drug-likeness (QED) is 0.395. The minimum Gasteiger partial charge on any atom is -0.491 e. The number of carbonyl (C=O) groups excluding carboxylic acids is 1. The third-order valence-electron chi connectivity index (χ3n) is 3.60. The number of esters is 1. The van der Waals surface area contributed by atoms with Gasteiger partial charge in [-0.3, -0.25) is 0 Å². The van der Waals surface area contributed by atoms with E-state index < -0.39 is 5.97 Å². The first-order valence-corrected chi connectivity index (χ1v) is 8.14. The van der Waals surface area contributed by atoms with Crippen molar-refractivity contribution in [3.05, 3.63) is 48.0 Å². The number of carbonyl (C=O) groups is 1. The zero-order valence-electron chi connectivity index (χ0n) is 15.0. The van der Waals surface area contributed by atoms with E-state index in [0.717, 1.165) is 27.8 Å². The standard InChI is InChI=1S/C20H24O5/c1-14(2)20(21)25-12-11-24-19-15(3)13-18(23-10-9-22-4)16-7-5-6-8-17(16)19/h5-8,13H,1,9-12H2,2-4H3. The van der Waals surface area contributed by atoms with Crippen LogP contribution in [0.3, 0.4) is 0 Å². The molecule has 2 aromatic rings. The maximum absolute atomic E-state index is 11.4. The summed E-state index contributed by atoms with van der Waals surface area (Å²) in [4.78, 5) is 11.4. The summed E-state index contributed by atoms with van der Waals surface area (Å²) in [6.45, 7) is 8.58. The fourth-order valence-electron chi connectivity index (χ4n) is 2.40. The van der Waals surface area contributed by atoms with Crippen molar-refractivity contribution in [1.82, 2.24) is 0 Å². The molecular formula is C20H24O5. The molecule has 0 aromatic heterocycles. The van der Waals surface area contributed by atoms with Gasteiger partial charge >= 0.3 is 5.97 Å². The first-order valence-electron chi connectivity index (χ1n) is 8.14. The second-order valence-corrected chi connectivity index (χ2v) is 5.67. The van der Waals surface area contributed by atoms with Crippen LogP contribution < -0.4 is 9.47 Å². The molecule has 5 nitrogen and oxygen atoms in total. The van der Waals surface area contributed by atoms with Gasteiger partial charge in [0.2, 0.25) is 0 Å². The van der Waals surface area contributed by atoms with Gasteiger partial charge in [-0.25, -0.2) is 4.79 Å². The Bertz CT molecular complexity index is 751. The number of ether oxygens (including phenoxy) is 4. The summed E-state index contributed by atoms with van der Waals surface area (Å²) >= 11 is 0. The van der Waals surface area contributed by atoms with E-state index in [4.69, 9.17) is 18.9 Å². The first kappa shape index (κ1) is 18.8. The first-order chi connectivity index (χ1) is 12.0. The fourth-order valence-corrected chi connectivity index (χ4v) is 2.40. The van der Waals surface area contributed by atoms with Gasteiger partial charge in [-0.05, 0) is 25.5 Å². The number of hydrogen-bond donors (Lipinski definition) is 0. The molecule has 0 fully saturated rings. The van der Waals surface area contributed by atoms with E-state index in [2.05, 4.69) is 6.58 Å². The van der Waals surface area contributed by atoms with Crippen LogP contribution in [0.25, 0.3) is 10.8 Å². The number of aryl methyl sites for hydroxylation is 1. The highest BCUT2D eigenvalue weighted by Gasteiger charge is 2.12. The Balaban J connectivity index is 2.14. The molecule has 0 unspecified atom stereocenters. The SMILES string of the molecule is C=C(C)C(=O)OCCOc1c(C)cc(OCCOC)c2ccccc12. The van der Waals surface area contributed by atoms with E-state index in [1.165, 1.54) is 0 Å². The van der Waals surface area contributed by atoms with Crippen molar-refractivity contribution >= 4 is 16.7 Å². The Kier molecular flexibility index (Phi) is 6.83. The van der Waals surface area contributed by atoms with Crippen LogP contribution in [0.2, 0.25) is 0 Å². The summed E-state index contributed by atoms with van der Waals surface area (Å²) in [7, 11) is 1.64. The number of methoxy groups -OCH3 is 1. The fraction of sp³-hybridized carbons (Fsp3) is 0.350. The maximum atomic E-state index is 11.4. The number of benzene rings is 2. The van der Waals surface area contributed by atoms with Crippen molar-refractivity contribution in [2.75, 3.05) is 33.5 Å². The molecule has 0 saturated heterocycles. The number of rotatable bonds is 9. The summed E-state index contributed by atoms with van der Waals surface area (Å²) in [6, 6.07) is 9.84. The molecule has 0 heterocycles. The van der Waals surface area contributed by atoms with Gasteiger partial charge in [-0.15, -0.1) is 0 Å². The van der Waals surface area contributed by atoms with Gasteiger partial charge < -0.3 is 18.9 Å². The van der Waals surface area contributed by atoms with E-state index in [9.17, 15) is 4.79 Å². The van der Waals surface area contributed by atoms with Crippen LogP contribution >= 0.6 is 0 Å². The summed E-state index contributed by atoms with van der Waals surface area (Å²) in [6.07, 6.45) is 0. The van der Waals surface area contributed by atoms with E-state index in [1.54, 1.807) is 14.0 Å². The molecule has 0 aliphatic heterocycles. The highest BCUT2D eigenvalue weighted by molar-refractivity contribution is 5.94. The molecule has 0 atom stereocenters. The Morgan fingerprint density at radius 3 is 2.40 bits per heavy atom. The third-order valence-corrected chi connectivity index (χ3v) is 3.60. The van der Waals surface area contributed by atoms with Gasteiger partial charge in [0.15, 0.2) is 0 Å². The van der Waals surface area contributed by atoms with Gasteiger partial charge in [-0.1, -0.05) is 30.8 Å². The lowest BCUT2D eigenvalue weighted by atomic mass is 10.0. The summed E-state index contributed by atoms with van der Waals surface area (Å²) in [5.41, 5.74) is 1.33. The second kappa shape index (κ2) is 9.08. The van der Waals surface area contributed by atoms with E-state index >= 15 is 0 Å². The van der Waals surface area contributed by atoms with Crippen LogP contribution in [0, 0.1) is 6.92 Å². The Morgan fingerprint density at radius 2 is 1.72 bits per heavy atom. The molecule has 0 aliphatic rings. The molecule has 5 heteroatoms. The molecule has 0 aliphatic carbocycles. The van der Waals surface area contributed by atoms with E-state index in [1.807, 2.05) is 37.3 Å². The van der Waals surface area contributed by atoms with Gasteiger partial charge in [-0.2, -0.15) is 0 Å². The molecule has 0 radical (unpaired) electrons. The summed E-state index contributed by atoms with van der Waals surface area (Å²) < 4.78 is 21.8. The monoisotopic (exact) mass is 344 g/mol. The molecule has 134 valence electrons. The van der Waals surface area contributed by atoms with Gasteiger partial charge in [0, 0.05) is 23.5 Å². The number of fused-ring (bicyclic) bond motifs is 1. The van der Waals surface area contributed by atoms with Crippen LogP contribution in [0.1, 0.15) is 12.5 Å². The lowest BCUT2D eigenvalue weighted by molar-refractivity contribution is -0.139. The molecule has 25 heavy (non-hydrogen) atoms. The average molecular weight is 344 g/mol. The highest BCUT2D eigenvalue weighted by Crippen LogP contribution is 2.36. The van der Waals surface area contributed by atoms with Gasteiger partial charge in [0.1, 0.15) is 31.3 Å². The van der Waals surface area contributed by atoms with Gasteiger partial charge in [0.05, 0.1) is 6.61 Å². The second-order valence-electron chi connectivity index (χ2n) is 5.67. The van der Waals surface area contributed by atoms with Crippen LogP contribution in [0.5, 0.6) is 11.5 Å². The van der Waals surface area contributed by atoms with Crippen LogP contribution in [-0.2, 0) is 14.3 Å².